The van der Waals surface area contributed by atoms with E-state index in [-0.39, 0.29) is 12.1 Å². The van der Waals surface area contributed by atoms with Gasteiger partial charge in [0.2, 0.25) is 0 Å². The van der Waals surface area contributed by atoms with E-state index in [1.807, 2.05) is 19.9 Å². The van der Waals surface area contributed by atoms with Crippen molar-refractivity contribution in [3.05, 3.63) is 66.5 Å². The van der Waals surface area contributed by atoms with Crippen molar-refractivity contribution in [2.24, 2.45) is 0 Å². The van der Waals surface area contributed by atoms with Gasteiger partial charge in [-0.1, -0.05) is 12.1 Å². The lowest BCUT2D eigenvalue weighted by atomic mass is 10.1. The molecular formula is C24H24F3N5O. The maximum Gasteiger partial charge on any atom is 0.416 e. The zero-order valence-electron chi connectivity index (χ0n) is 18.3. The third-order valence-corrected chi connectivity index (χ3v) is 5.68. The molecule has 0 saturated heterocycles. The molecule has 1 aliphatic rings. The number of carbonyl (C=O) groups excluding carboxylic acids is 1. The molecule has 4 rings (SSSR count). The first-order valence-electron chi connectivity index (χ1n) is 10.7. The highest BCUT2D eigenvalue weighted by Gasteiger charge is 2.32. The predicted octanol–water partition coefficient (Wildman–Crippen LogP) is 5.82. The third kappa shape index (κ3) is 4.76. The van der Waals surface area contributed by atoms with Crippen LogP contribution in [0.1, 0.15) is 25.8 Å². The second-order valence-corrected chi connectivity index (χ2v) is 7.88. The lowest BCUT2D eigenvalue weighted by Gasteiger charge is -2.28. The second-order valence-electron chi connectivity index (χ2n) is 7.88. The van der Waals surface area contributed by atoms with Gasteiger partial charge in [-0.25, -0.2) is 9.78 Å². The standard InChI is InChI=1S/C24H24F3N5O/c1-3-31-13-11-16(2)32(23(33)29-19-8-5-12-28-15-19)22-21(31)10-9-20(30-22)17-6-4-7-18(14-17)24(25,26)27/h4-10,12,14-16H,3,11,13H2,1-2H3,(H,29,33)/t16-/m1/s1. The molecule has 0 radical (unpaired) electrons. The van der Waals surface area contributed by atoms with Gasteiger partial charge in [0, 0.05) is 30.9 Å². The van der Waals surface area contributed by atoms with Crippen molar-refractivity contribution in [1.82, 2.24) is 9.97 Å². The Balaban J connectivity index is 1.79. The zero-order valence-corrected chi connectivity index (χ0v) is 18.3. The summed E-state index contributed by atoms with van der Waals surface area (Å²) >= 11 is 0. The van der Waals surface area contributed by atoms with Gasteiger partial charge in [-0.15, -0.1) is 0 Å². The fourth-order valence-corrected chi connectivity index (χ4v) is 3.93. The maximum atomic E-state index is 13.3. The van der Waals surface area contributed by atoms with Crippen LogP contribution in [0.2, 0.25) is 0 Å². The predicted molar refractivity (Wildman–Crippen MR) is 122 cm³/mol. The van der Waals surface area contributed by atoms with Crippen LogP contribution in [0.15, 0.2) is 60.9 Å². The molecule has 172 valence electrons. The summed E-state index contributed by atoms with van der Waals surface area (Å²) in [6, 6.07) is 11.5. The molecule has 1 atom stereocenters. The lowest BCUT2D eigenvalue weighted by molar-refractivity contribution is -0.137. The molecule has 0 bridgehead atoms. The molecule has 3 aromatic rings. The van der Waals surface area contributed by atoms with Crippen molar-refractivity contribution >= 4 is 23.2 Å². The third-order valence-electron chi connectivity index (χ3n) is 5.68. The van der Waals surface area contributed by atoms with E-state index in [1.165, 1.54) is 6.07 Å². The van der Waals surface area contributed by atoms with Crippen LogP contribution in [0.5, 0.6) is 0 Å². The SMILES string of the molecule is CCN1CC[C@@H](C)N(C(=O)Nc2cccnc2)c2nc(-c3cccc(C(F)(F)F)c3)ccc21. The quantitative estimate of drug-likeness (QED) is 0.541. The summed E-state index contributed by atoms with van der Waals surface area (Å²) in [4.78, 5) is 25.7. The number of aromatic nitrogens is 2. The fourth-order valence-electron chi connectivity index (χ4n) is 3.93. The van der Waals surface area contributed by atoms with Crippen LogP contribution in [-0.2, 0) is 6.18 Å². The Morgan fingerprint density at radius 3 is 2.70 bits per heavy atom. The van der Waals surface area contributed by atoms with E-state index in [0.29, 0.717) is 35.7 Å². The summed E-state index contributed by atoms with van der Waals surface area (Å²) < 4.78 is 39.7. The van der Waals surface area contributed by atoms with E-state index >= 15 is 0 Å². The van der Waals surface area contributed by atoms with E-state index in [2.05, 4.69) is 15.2 Å². The molecule has 2 aromatic heterocycles. The molecule has 0 saturated carbocycles. The number of anilines is 3. The van der Waals surface area contributed by atoms with Crippen LogP contribution in [0, 0.1) is 0 Å². The molecule has 0 aliphatic carbocycles. The molecule has 9 heteroatoms. The number of fused-ring (bicyclic) bond motifs is 1. The second kappa shape index (κ2) is 9.09. The average Bonchev–Trinajstić information content (AvgIpc) is 2.94. The van der Waals surface area contributed by atoms with Gasteiger partial charge < -0.3 is 10.2 Å². The number of benzene rings is 1. The molecule has 1 aromatic carbocycles. The molecule has 3 heterocycles. The number of hydrogen-bond donors (Lipinski definition) is 1. The van der Waals surface area contributed by atoms with Crippen molar-refractivity contribution in [3.63, 3.8) is 0 Å². The maximum absolute atomic E-state index is 13.3. The van der Waals surface area contributed by atoms with E-state index < -0.39 is 11.7 Å². The van der Waals surface area contributed by atoms with Gasteiger partial charge in [0.1, 0.15) is 0 Å². The van der Waals surface area contributed by atoms with Gasteiger partial charge in [-0.3, -0.25) is 9.88 Å². The zero-order chi connectivity index (χ0) is 23.6. The minimum atomic E-state index is -4.45. The number of rotatable bonds is 3. The van der Waals surface area contributed by atoms with Gasteiger partial charge in [0.25, 0.3) is 0 Å². The number of nitrogens with one attached hydrogen (secondary N) is 1. The van der Waals surface area contributed by atoms with Crippen LogP contribution < -0.4 is 15.1 Å². The van der Waals surface area contributed by atoms with Crippen molar-refractivity contribution in [2.75, 3.05) is 28.2 Å². The number of halogens is 3. The van der Waals surface area contributed by atoms with E-state index in [0.717, 1.165) is 24.4 Å². The average molecular weight is 455 g/mol. The number of alkyl halides is 3. The van der Waals surface area contributed by atoms with Crippen molar-refractivity contribution in [3.8, 4) is 11.3 Å². The summed E-state index contributed by atoms with van der Waals surface area (Å²) in [5, 5.41) is 2.85. The highest BCUT2D eigenvalue weighted by Crippen LogP contribution is 2.37. The summed E-state index contributed by atoms with van der Waals surface area (Å²) in [7, 11) is 0. The van der Waals surface area contributed by atoms with Gasteiger partial charge >= 0.3 is 12.2 Å². The van der Waals surface area contributed by atoms with Crippen LogP contribution in [0.4, 0.5) is 35.2 Å². The Kier molecular flexibility index (Phi) is 6.22. The molecule has 1 aliphatic heterocycles. The molecule has 1 N–H and O–H groups in total. The van der Waals surface area contributed by atoms with Gasteiger partial charge in [0.15, 0.2) is 5.82 Å². The summed E-state index contributed by atoms with van der Waals surface area (Å²) in [6.07, 6.45) is -0.581. The Morgan fingerprint density at radius 1 is 1.18 bits per heavy atom. The van der Waals surface area contributed by atoms with Crippen LogP contribution in [-0.4, -0.2) is 35.1 Å². The largest absolute Gasteiger partial charge is 0.416 e. The molecule has 0 spiro atoms. The minimum Gasteiger partial charge on any atom is -0.369 e. The normalized spacial score (nSPS) is 16.2. The molecule has 0 fully saturated rings. The number of carbonyl (C=O) groups is 1. The first-order chi connectivity index (χ1) is 15.8. The van der Waals surface area contributed by atoms with Crippen LogP contribution in [0.25, 0.3) is 11.3 Å². The molecular weight excluding hydrogens is 431 g/mol. The Hall–Kier alpha value is -3.62. The smallest absolute Gasteiger partial charge is 0.369 e. The number of amides is 2. The summed E-state index contributed by atoms with van der Waals surface area (Å²) in [5.41, 5.74) is 1.26. The molecule has 0 unspecified atom stereocenters. The number of urea groups is 1. The Labute approximate surface area is 190 Å². The van der Waals surface area contributed by atoms with Crippen molar-refractivity contribution in [2.45, 2.75) is 32.5 Å². The Morgan fingerprint density at radius 2 is 2.00 bits per heavy atom. The molecule has 6 nitrogen and oxygen atoms in total. The number of pyridine rings is 2. The number of nitrogens with zero attached hydrogens (tertiary/aromatic N) is 4. The van der Waals surface area contributed by atoms with Gasteiger partial charge in [0.05, 0.1) is 28.8 Å². The monoisotopic (exact) mass is 455 g/mol. The Bertz CT molecular complexity index is 1140. The highest BCUT2D eigenvalue weighted by molar-refractivity contribution is 6.03. The minimum absolute atomic E-state index is 0.179. The molecule has 2 amide bonds. The summed E-state index contributed by atoms with van der Waals surface area (Å²) in [6.45, 7) is 5.39. The van der Waals surface area contributed by atoms with Crippen LogP contribution in [0.3, 0.4) is 0 Å². The van der Waals surface area contributed by atoms with Gasteiger partial charge in [-0.2, -0.15) is 13.2 Å². The first-order valence-corrected chi connectivity index (χ1v) is 10.7. The topological polar surface area (TPSA) is 61.4 Å². The number of hydrogen-bond acceptors (Lipinski definition) is 4. The first kappa shape index (κ1) is 22.6. The molecule has 33 heavy (non-hydrogen) atoms. The highest BCUT2D eigenvalue weighted by atomic mass is 19.4. The van der Waals surface area contributed by atoms with Crippen molar-refractivity contribution < 1.29 is 18.0 Å². The van der Waals surface area contributed by atoms with Crippen LogP contribution >= 0.6 is 0 Å². The lowest BCUT2D eigenvalue weighted by Crippen LogP contribution is -2.42. The fraction of sp³-hybridized carbons (Fsp3) is 0.292. The summed E-state index contributed by atoms with van der Waals surface area (Å²) in [5.74, 6) is 0.415. The van der Waals surface area contributed by atoms with E-state index in [9.17, 15) is 18.0 Å². The van der Waals surface area contributed by atoms with E-state index in [1.54, 1.807) is 41.6 Å². The van der Waals surface area contributed by atoms with E-state index in [4.69, 9.17) is 4.98 Å². The van der Waals surface area contributed by atoms with Crippen molar-refractivity contribution in [1.29, 1.82) is 0 Å². The van der Waals surface area contributed by atoms with Gasteiger partial charge in [-0.05, 0) is 56.7 Å².